The van der Waals surface area contributed by atoms with Crippen molar-refractivity contribution in [2.24, 2.45) is 0 Å². The number of amides is 1. The molecular weight excluding hydrogens is 372 g/mol. The molecule has 0 bridgehead atoms. The van der Waals surface area contributed by atoms with Crippen molar-refractivity contribution in [1.82, 2.24) is 9.97 Å². The number of methoxy groups -OCH3 is 3. The van der Waals surface area contributed by atoms with E-state index >= 15 is 0 Å². The molecule has 29 heavy (non-hydrogen) atoms. The van der Waals surface area contributed by atoms with Gasteiger partial charge in [0.2, 0.25) is 5.95 Å². The Morgan fingerprint density at radius 3 is 2.45 bits per heavy atom. The second kappa shape index (κ2) is 9.41. The molecule has 150 valence electrons. The summed E-state index contributed by atoms with van der Waals surface area (Å²) >= 11 is 0. The molecule has 1 heterocycles. The molecule has 0 saturated carbocycles. The van der Waals surface area contributed by atoms with Gasteiger partial charge in [0.1, 0.15) is 11.4 Å². The van der Waals surface area contributed by atoms with Crippen molar-refractivity contribution in [3.63, 3.8) is 0 Å². The lowest BCUT2D eigenvalue weighted by molar-refractivity contribution is 0.102. The first-order valence-corrected chi connectivity index (χ1v) is 8.86. The first-order chi connectivity index (χ1) is 14.1. The quantitative estimate of drug-likeness (QED) is 0.605. The third kappa shape index (κ3) is 4.92. The van der Waals surface area contributed by atoms with Crippen LogP contribution in [0.4, 0.5) is 11.6 Å². The number of nitrogens with zero attached hydrogens (tertiary/aromatic N) is 2. The van der Waals surface area contributed by atoms with Gasteiger partial charge in [-0.3, -0.25) is 4.79 Å². The van der Waals surface area contributed by atoms with Crippen LogP contribution < -0.4 is 24.8 Å². The predicted octanol–water partition coefficient (Wildman–Crippen LogP) is 3.37. The molecule has 0 atom stereocenters. The maximum atomic E-state index is 12.6. The van der Waals surface area contributed by atoms with E-state index in [2.05, 4.69) is 20.6 Å². The summed E-state index contributed by atoms with van der Waals surface area (Å²) in [7, 11) is 4.71. The number of benzene rings is 2. The first-order valence-electron chi connectivity index (χ1n) is 8.86. The lowest BCUT2D eigenvalue weighted by Gasteiger charge is -2.11. The molecule has 1 amide bonds. The van der Waals surface area contributed by atoms with E-state index < -0.39 is 0 Å². The second-order valence-corrected chi connectivity index (χ2v) is 5.95. The van der Waals surface area contributed by atoms with E-state index in [9.17, 15) is 4.79 Å². The van der Waals surface area contributed by atoms with Crippen LogP contribution in [-0.4, -0.2) is 37.2 Å². The van der Waals surface area contributed by atoms with E-state index in [1.807, 2.05) is 24.3 Å². The third-order valence-corrected chi connectivity index (χ3v) is 4.16. The minimum Gasteiger partial charge on any atom is -0.496 e. The number of ether oxygens (including phenoxy) is 3. The summed E-state index contributed by atoms with van der Waals surface area (Å²) in [5.41, 5.74) is 1.76. The molecule has 8 nitrogen and oxygen atoms in total. The molecule has 0 aliphatic carbocycles. The highest BCUT2D eigenvalue weighted by Crippen LogP contribution is 2.29. The lowest BCUT2D eigenvalue weighted by atomic mass is 10.2. The maximum Gasteiger partial charge on any atom is 0.274 e. The smallest absolute Gasteiger partial charge is 0.274 e. The molecule has 0 unspecified atom stereocenters. The number of nitrogens with one attached hydrogen (secondary N) is 2. The van der Waals surface area contributed by atoms with Crippen molar-refractivity contribution in [3.8, 4) is 17.2 Å². The highest BCUT2D eigenvalue weighted by Gasteiger charge is 2.12. The van der Waals surface area contributed by atoms with Crippen LogP contribution >= 0.6 is 0 Å². The molecule has 8 heteroatoms. The minimum atomic E-state index is -0.361. The van der Waals surface area contributed by atoms with Gasteiger partial charge in [0, 0.05) is 30.1 Å². The van der Waals surface area contributed by atoms with Crippen LogP contribution in [0.5, 0.6) is 17.2 Å². The van der Waals surface area contributed by atoms with Crippen molar-refractivity contribution >= 4 is 17.5 Å². The average molecular weight is 394 g/mol. The zero-order chi connectivity index (χ0) is 20.6. The molecule has 1 aromatic heterocycles. The van der Waals surface area contributed by atoms with E-state index in [1.54, 1.807) is 38.5 Å². The van der Waals surface area contributed by atoms with Gasteiger partial charge >= 0.3 is 0 Å². The normalized spacial score (nSPS) is 10.2. The Hall–Kier alpha value is -3.81. The molecular formula is C21H22N4O4. The average Bonchev–Trinajstić information content (AvgIpc) is 2.77. The molecule has 0 spiro atoms. The molecule has 2 N–H and O–H groups in total. The van der Waals surface area contributed by atoms with E-state index in [0.29, 0.717) is 29.7 Å². The number of carbonyl (C=O) groups is 1. The Kier molecular flexibility index (Phi) is 6.47. The van der Waals surface area contributed by atoms with Gasteiger partial charge in [-0.2, -0.15) is 0 Å². The molecule has 0 aliphatic rings. The summed E-state index contributed by atoms with van der Waals surface area (Å²) in [6, 6.07) is 14.3. The van der Waals surface area contributed by atoms with Gasteiger partial charge in [0.25, 0.3) is 5.91 Å². The molecule has 0 radical (unpaired) electrons. The molecule has 3 rings (SSSR count). The van der Waals surface area contributed by atoms with Crippen molar-refractivity contribution in [1.29, 1.82) is 0 Å². The molecule has 2 aromatic carbocycles. The van der Waals surface area contributed by atoms with Crippen molar-refractivity contribution in [3.05, 3.63) is 66.0 Å². The topological polar surface area (TPSA) is 94.6 Å². The van der Waals surface area contributed by atoms with Crippen LogP contribution in [0.15, 0.2) is 54.7 Å². The van der Waals surface area contributed by atoms with Gasteiger partial charge in [-0.1, -0.05) is 18.2 Å². The Morgan fingerprint density at radius 1 is 0.931 bits per heavy atom. The van der Waals surface area contributed by atoms with Crippen LogP contribution in [0.2, 0.25) is 0 Å². The number of hydrogen-bond donors (Lipinski definition) is 2. The van der Waals surface area contributed by atoms with Gasteiger partial charge in [0.15, 0.2) is 11.5 Å². The maximum absolute atomic E-state index is 12.6. The summed E-state index contributed by atoms with van der Waals surface area (Å²) in [5.74, 6) is 1.85. The summed E-state index contributed by atoms with van der Waals surface area (Å²) in [4.78, 5) is 21.0. The molecule has 0 saturated heterocycles. The number of hydrogen-bond acceptors (Lipinski definition) is 7. The molecule has 3 aromatic rings. The standard InChI is InChI=1S/C21H22N4O4/c1-27-17-7-5-4-6-14(17)13-23-21-22-11-10-16(25-21)20(26)24-15-8-9-18(28-2)19(12-15)29-3/h4-12H,13H2,1-3H3,(H,24,26)(H,22,23,25). The summed E-state index contributed by atoms with van der Waals surface area (Å²) in [6.45, 7) is 0.463. The van der Waals surface area contributed by atoms with Gasteiger partial charge in [-0.25, -0.2) is 9.97 Å². The van der Waals surface area contributed by atoms with Crippen LogP contribution in [0.3, 0.4) is 0 Å². The highest BCUT2D eigenvalue weighted by molar-refractivity contribution is 6.03. The minimum absolute atomic E-state index is 0.234. The van der Waals surface area contributed by atoms with Crippen LogP contribution in [0, 0.1) is 0 Å². The molecule has 0 aliphatic heterocycles. The zero-order valence-electron chi connectivity index (χ0n) is 16.4. The molecule has 0 fully saturated rings. The number of para-hydroxylation sites is 1. The van der Waals surface area contributed by atoms with Gasteiger partial charge in [-0.15, -0.1) is 0 Å². The van der Waals surface area contributed by atoms with E-state index in [0.717, 1.165) is 11.3 Å². The number of aromatic nitrogens is 2. The Labute approximate surface area is 168 Å². The second-order valence-electron chi connectivity index (χ2n) is 5.95. The summed E-state index contributed by atoms with van der Waals surface area (Å²) in [5, 5.41) is 5.90. The number of anilines is 2. The van der Waals surface area contributed by atoms with Crippen molar-refractivity contribution < 1.29 is 19.0 Å². The fourth-order valence-corrected chi connectivity index (χ4v) is 2.70. The first kappa shape index (κ1) is 19.9. The van der Waals surface area contributed by atoms with Gasteiger partial charge < -0.3 is 24.8 Å². The zero-order valence-corrected chi connectivity index (χ0v) is 16.4. The third-order valence-electron chi connectivity index (χ3n) is 4.16. The summed E-state index contributed by atoms with van der Waals surface area (Å²) in [6.07, 6.45) is 1.53. The highest BCUT2D eigenvalue weighted by atomic mass is 16.5. The summed E-state index contributed by atoms with van der Waals surface area (Å²) < 4.78 is 15.8. The van der Waals surface area contributed by atoms with Crippen molar-refractivity contribution in [2.75, 3.05) is 32.0 Å². The van der Waals surface area contributed by atoms with Gasteiger partial charge in [0.05, 0.1) is 21.3 Å². The van der Waals surface area contributed by atoms with E-state index in [4.69, 9.17) is 14.2 Å². The fraction of sp³-hybridized carbons (Fsp3) is 0.190. The van der Waals surface area contributed by atoms with Crippen LogP contribution in [-0.2, 0) is 6.54 Å². The Morgan fingerprint density at radius 2 is 1.69 bits per heavy atom. The number of rotatable bonds is 8. The Balaban J connectivity index is 1.69. The SMILES string of the molecule is COc1ccccc1CNc1nccc(C(=O)Nc2ccc(OC)c(OC)c2)n1. The lowest BCUT2D eigenvalue weighted by Crippen LogP contribution is -2.15. The van der Waals surface area contributed by atoms with Crippen LogP contribution in [0.1, 0.15) is 16.1 Å². The van der Waals surface area contributed by atoms with Crippen molar-refractivity contribution in [2.45, 2.75) is 6.54 Å². The largest absolute Gasteiger partial charge is 0.496 e. The predicted molar refractivity (Wildman–Crippen MR) is 110 cm³/mol. The fourth-order valence-electron chi connectivity index (χ4n) is 2.70. The van der Waals surface area contributed by atoms with Crippen LogP contribution in [0.25, 0.3) is 0 Å². The van der Waals surface area contributed by atoms with E-state index in [1.165, 1.54) is 13.3 Å². The number of carbonyl (C=O) groups excluding carboxylic acids is 1. The van der Waals surface area contributed by atoms with E-state index in [-0.39, 0.29) is 11.6 Å². The monoisotopic (exact) mass is 394 g/mol. The Bertz CT molecular complexity index is 994. The van der Waals surface area contributed by atoms with Gasteiger partial charge in [-0.05, 0) is 24.3 Å².